The predicted octanol–water partition coefficient (Wildman–Crippen LogP) is 1.06. The minimum Gasteiger partial charge on any atom is -0.390 e. The molecule has 2 atom stereocenters. The molecule has 0 saturated carbocycles. The van der Waals surface area contributed by atoms with Crippen molar-refractivity contribution in [3.63, 3.8) is 0 Å². The lowest BCUT2D eigenvalue weighted by atomic mass is 9.95. The summed E-state index contributed by atoms with van der Waals surface area (Å²) in [4.78, 5) is 0. The molecular formula is C10H22O3. The van der Waals surface area contributed by atoms with Gasteiger partial charge >= 0.3 is 0 Å². The number of rotatable bonds is 6. The van der Waals surface area contributed by atoms with Crippen molar-refractivity contribution in [1.82, 2.24) is 0 Å². The molecule has 0 saturated heterocycles. The third-order valence-electron chi connectivity index (χ3n) is 2.01. The van der Waals surface area contributed by atoms with Crippen LogP contribution in [0.4, 0.5) is 0 Å². The highest BCUT2D eigenvalue weighted by Crippen LogP contribution is 2.15. The maximum absolute atomic E-state index is 9.47. The van der Waals surface area contributed by atoms with Crippen molar-refractivity contribution in [2.24, 2.45) is 0 Å². The number of unbranched alkanes of at least 4 members (excludes halogenated alkanes) is 1. The van der Waals surface area contributed by atoms with Crippen LogP contribution in [-0.2, 0) is 0 Å². The van der Waals surface area contributed by atoms with Crippen molar-refractivity contribution in [1.29, 1.82) is 0 Å². The fraction of sp³-hybridized carbons (Fsp3) is 1.00. The van der Waals surface area contributed by atoms with Gasteiger partial charge in [0, 0.05) is 6.42 Å². The molecule has 0 amide bonds. The normalized spacial score (nSPS) is 17.1. The van der Waals surface area contributed by atoms with Crippen LogP contribution in [-0.4, -0.2) is 33.1 Å². The van der Waals surface area contributed by atoms with Crippen LogP contribution in [0.1, 0.15) is 46.5 Å². The van der Waals surface area contributed by atoms with Crippen LogP contribution < -0.4 is 0 Å². The summed E-state index contributed by atoms with van der Waals surface area (Å²) in [6.45, 7) is 5.29. The van der Waals surface area contributed by atoms with Crippen molar-refractivity contribution in [3.8, 4) is 0 Å². The molecule has 3 N–H and O–H groups in total. The molecule has 0 spiro atoms. The molecule has 0 rings (SSSR count). The quantitative estimate of drug-likeness (QED) is 0.587. The third kappa shape index (κ3) is 6.99. The molecular weight excluding hydrogens is 168 g/mol. The molecule has 0 aliphatic carbocycles. The first-order valence-corrected chi connectivity index (χ1v) is 4.95. The first kappa shape index (κ1) is 12.9. The van der Waals surface area contributed by atoms with Crippen molar-refractivity contribution in [3.05, 3.63) is 0 Å². The van der Waals surface area contributed by atoms with Gasteiger partial charge in [-0.15, -0.1) is 0 Å². The summed E-state index contributed by atoms with van der Waals surface area (Å²) in [7, 11) is 0. The van der Waals surface area contributed by atoms with Crippen molar-refractivity contribution < 1.29 is 15.3 Å². The van der Waals surface area contributed by atoms with Gasteiger partial charge in [0.25, 0.3) is 0 Å². The van der Waals surface area contributed by atoms with Gasteiger partial charge in [0.05, 0.1) is 17.8 Å². The van der Waals surface area contributed by atoms with E-state index in [4.69, 9.17) is 0 Å². The Labute approximate surface area is 80.4 Å². The fourth-order valence-corrected chi connectivity index (χ4v) is 1.25. The molecule has 0 radical (unpaired) electrons. The van der Waals surface area contributed by atoms with Crippen LogP contribution in [0, 0.1) is 0 Å². The van der Waals surface area contributed by atoms with E-state index in [9.17, 15) is 15.3 Å². The van der Waals surface area contributed by atoms with E-state index in [1.807, 2.05) is 6.92 Å². The zero-order valence-corrected chi connectivity index (χ0v) is 8.82. The monoisotopic (exact) mass is 190 g/mol. The Kier molecular flexibility index (Phi) is 5.53. The highest BCUT2D eigenvalue weighted by molar-refractivity contribution is 4.76. The predicted molar refractivity (Wildman–Crippen MR) is 52.5 cm³/mol. The van der Waals surface area contributed by atoms with Gasteiger partial charge < -0.3 is 15.3 Å². The van der Waals surface area contributed by atoms with Gasteiger partial charge in [0.1, 0.15) is 0 Å². The first-order chi connectivity index (χ1) is 5.87. The van der Waals surface area contributed by atoms with Gasteiger partial charge in [-0.2, -0.15) is 0 Å². The van der Waals surface area contributed by atoms with E-state index in [0.717, 1.165) is 12.8 Å². The standard InChI is InChI=1S/C10H22O3/c1-4-5-6-8(11)9(12)7-10(2,3)13/h8-9,11-13H,4-7H2,1-3H3. The lowest BCUT2D eigenvalue weighted by molar-refractivity contribution is -0.0422. The first-order valence-electron chi connectivity index (χ1n) is 4.95. The molecule has 0 aromatic rings. The number of hydrogen-bond acceptors (Lipinski definition) is 3. The van der Waals surface area contributed by atoms with Gasteiger partial charge in [0.15, 0.2) is 0 Å². The van der Waals surface area contributed by atoms with E-state index in [2.05, 4.69) is 0 Å². The van der Waals surface area contributed by atoms with Crippen LogP contribution in [0.3, 0.4) is 0 Å². The van der Waals surface area contributed by atoms with Gasteiger partial charge in [-0.25, -0.2) is 0 Å². The van der Waals surface area contributed by atoms with E-state index >= 15 is 0 Å². The van der Waals surface area contributed by atoms with Crippen molar-refractivity contribution >= 4 is 0 Å². The summed E-state index contributed by atoms with van der Waals surface area (Å²) in [6.07, 6.45) is 1.22. The topological polar surface area (TPSA) is 60.7 Å². The highest BCUT2D eigenvalue weighted by atomic mass is 16.3. The highest BCUT2D eigenvalue weighted by Gasteiger charge is 2.23. The van der Waals surface area contributed by atoms with Crippen LogP contribution in [0.2, 0.25) is 0 Å². The molecule has 0 heterocycles. The Morgan fingerprint density at radius 2 is 1.69 bits per heavy atom. The second-order valence-electron chi connectivity index (χ2n) is 4.29. The SMILES string of the molecule is CCCCC(O)C(O)CC(C)(C)O. The second-order valence-corrected chi connectivity index (χ2v) is 4.29. The molecule has 3 heteroatoms. The molecule has 3 nitrogen and oxygen atoms in total. The minimum atomic E-state index is -0.910. The fourth-order valence-electron chi connectivity index (χ4n) is 1.25. The van der Waals surface area contributed by atoms with E-state index in [1.165, 1.54) is 0 Å². The zero-order chi connectivity index (χ0) is 10.5. The number of aliphatic hydroxyl groups is 3. The summed E-state index contributed by atoms with van der Waals surface area (Å²) in [5, 5.41) is 28.3. The van der Waals surface area contributed by atoms with Gasteiger partial charge in [-0.1, -0.05) is 19.8 Å². The molecule has 13 heavy (non-hydrogen) atoms. The second kappa shape index (κ2) is 5.58. The van der Waals surface area contributed by atoms with Gasteiger partial charge in [-0.05, 0) is 20.3 Å². The summed E-state index contributed by atoms with van der Waals surface area (Å²) >= 11 is 0. The van der Waals surface area contributed by atoms with Crippen molar-refractivity contribution in [2.75, 3.05) is 0 Å². The number of hydrogen-bond donors (Lipinski definition) is 3. The maximum Gasteiger partial charge on any atom is 0.0826 e. The molecule has 0 aromatic carbocycles. The van der Waals surface area contributed by atoms with E-state index in [1.54, 1.807) is 13.8 Å². The average Bonchev–Trinajstić information content (AvgIpc) is 1.96. The molecule has 0 aliphatic rings. The van der Waals surface area contributed by atoms with E-state index < -0.39 is 17.8 Å². The molecule has 80 valence electrons. The Bertz CT molecular complexity index is 129. The molecule has 0 aromatic heterocycles. The summed E-state index contributed by atoms with van der Waals surface area (Å²) < 4.78 is 0. The summed E-state index contributed by atoms with van der Waals surface area (Å²) in [5.74, 6) is 0. The smallest absolute Gasteiger partial charge is 0.0826 e. The van der Waals surface area contributed by atoms with E-state index in [0.29, 0.717) is 6.42 Å². The Balaban J connectivity index is 3.75. The van der Waals surface area contributed by atoms with Crippen LogP contribution in [0.15, 0.2) is 0 Å². The van der Waals surface area contributed by atoms with E-state index in [-0.39, 0.29) is 6.42 Å². The Morgan fingerprint density at radius 1 is 1.15 bits per heavy atom. The molecule has 0 fully saturated rings. The van der Waals surface area contributed by atoms with Crippen molar-refractivity contribution in [2.45, 2.75) is 64.3 Å². The average molecular weight is 190 g/mol. The van der Waals surface area contributed by atoms with Crippen LogP contribution >= 0.6 is 0 Å². The van der Waals surface area contributed by atoms with Crippen LogP contribution in [0.25, 0.3) is 0 Å². The molecule has 0 aliphatic heterocycles. The van der Waals surface area contributed by atoms with Gasteiger partial charge in [-0.3, -0.25) is 0 Å². The Morgan fingerprint density at radius 3 is 2.08 bits per heavy atom. The van der Waals surface area contributed by atoms with Crippen LogP contribution in [0.5, 0.6) is 0 Å². The Hall–Kier alpha value is -0.120. The minimum absolute atomic E-state index is 0.220. The molecule has 2 unspecified atom stereocenters. The number of aliphatic hydroxyl groups excluding tert-OH is 2. The lowest BCUT2D eigenvalue weighted by Gasteiger charge is -2.24. The van der Waals surface area contributed by atoms with Gasteiger partial charge in [0.2, 0.25) is 0 Å². The maximum atomic E-state index is 9.47. The zero-order valence-electron chi connectivity index (χ0n) is 8.82. The largest absolute Gasteiger partial charge is 0.390 e. The third-order valence-corrected chi connectivity index (χ3v) is 2.01. The lowest BCUT2D eigenvalue weighted by Crippen LogP contribution is -2.34. The molecule has 0 bridgehead atoms. The summed E-state index contributed by atoms with van der Waals surface area (Å²) in [6, 6.07) is 0. The summed E-state index contributed by atoms with van der Waals surface area (Å²) in [5.41, 5.74) is -0.910.